The van der Waals surface area contributed by atoms with Gasteiger partial charge >= 0.3 is 0 Å². The maximum Gasteiger partial charge on any atom is 0.297 e. The van der Waals surface area contributed by atoms with Crippen LogP contribution in [0.4, 0.5) is 5.95 Å². The zero-order valence-corrected chi connectivity index (χ0v) is 17.3. The molecule has 1 saturated carbocycles. The molecule has 0 spiro atoms. The predicted molar refractivity (Wildman–Crippen MR) is 111 cm³/mol. The van der Waals surface area contributed by atoms with Gasteiger partial charge in [0, 0.05) is 31.1 Å². The van der Waals surface area contributed by atoms with Gasteiger partial charge in [-0.15, -0.1) is 0 Å². The number of anilines is 1. The van der Waals surface area contributed by atoms with Gasteiger partial charge in [0.1, 0.15) is 6.26 Å². The minimum atomic E-state index is -0.686. The third-order valence-corrected chi connectivity index (χ3v) is 5.72. The number of rotatable bonds is 7. The highest BCUT2D eigenvalue weighted by atomic mass is 35.5. The number of Topliss-reactive ketones (excluding diaryl/α,β-unsaturated/α-hetero) is 1. The quantitative estimate of drug-likeness (QED) is 0.577. The second-order valence-electron chi connectivity index (χ2n) is 7.52. The fourth-order valence-electron chi connectivity index (χ4n) is 3.70. The summed E-state index contributed by atoms with van der Waals surface area (Å²) in [6, 6.07) is 7.46. The van der Waals surface area contributed by atoms with E-state index in [-0.39, 0.29) is 24.1 Å². The summed E-state index contributed by atoms with van der Waals surface area (Å²) in [5, 5.41) is 14.5. The molecule has 1 aromatic carbocycles. The second kappa shape index (κ2) is 7.95. The van der Waals surface area contributed by atoms with Crippen LogP contribution in [0, 0.1) is 5.92 Å². The van der Waals surface area contributed by atoms with Crippen LogP contribution in [0.15, 0.2) is 46.0 Å². The summed E-state index contributed by atoms with van der Waals surface area (Å²) < 4.78 is 5.99. The van der Waals surface area contributed by atoms with Gasteiger partial charge in [-0.25, -0.2) is 4.98 Å². The lowest BCUT2D eigenvalue weighted by Crippen LogP contribution is -2.34. The maximum absolute atomic E-state index is 12.7. The normalized spacial score (nSPS) is 14.5. The Morgan fingerprint density at radius 1 is 1.40 bits per heavy atom. The number of benzene rings is 1. The summed E-state index contributed by atoms with van der Waals surface area (Å²) in [5.74, 6) is -0.527. The van der Waals surface area contributed by atoms with Crippen LogP contribution >= 0.6 is 11.6 Å². The molecule has 1 fully saturated rings. The van der Waals surface area contributed by atoms with E-state index in [2.05, 4.69) is 10.1 Å². The number of hydrogen-bond donors (Lipinski definition) is 1. The van der Waals surface area contributed by atoms with Gasteiger partial charge in [-0.1, -0.05) is 35.0 Å². The van der Waals surface area contributed by atoms with E-state index >= 15 is 0 Å². The lowest BCUT2D eigenvalue weighted by molar-refractivity contribution is 0.0984. The summed E-state index contributed by atoms with van der Waals surface area (Å²) in [6.45, 7) is 0. The van der Waals surface area contributed by atoms with E-state index in [1.807, 2.05) is 36.2 Å². The fourth-order valence-corrected chi connectivity index (χ4v) is 3.95. The van der Waals surface area contributed by atoms with Gasteiger partial charge in [0.15, 0.2) is 11.5 Å². The van der Waals surface area contributed by atoms with E-state index in [1.165, 1.54) is 24.1 Å². The first-order valence-electron chi connectivity index (χ1n) is 9.57. The van der Waals surface area contributed by atoms with Crippen LogP contribution in [0.3, 0.4) is 0 Å². The highest BCUT2D eigenvalue weighted by Crippen LogP contribution is 2.46. The van der Waals surface area contributed by atoms with Gasteiger partial charge in [-0.05, 0) is 30.4 Å². The Hall–Kier alpha value is -3.13. The van der Waals surface area contributed by atoms with E-state index in [1.54, 1.807) is 0 Å². The van der Waals surface area contributed by atoms with Gasteiger partial charge in [0.05, 0.1) is 12.2 Å². The molecule has 1 unspecified atom stereocenters. The molecule has 9 heteroatoms. The van der Waals surface area contributed by atoms with E-state index < -0.39 is 17.1 Å². The monoisotopic (exact) mass is 428 g/mol. The Balaban J connectivity index is 1.76. The molecule has 4 rings (SSSR count). The number of nitrogens with zero attached hydrogens (tertiary/aromatic N) is 4. The zero-order chi connectivity index (χ0) is 21.4. The number of carbonyl (C=O) groups excluding carboxylic acids is 1. The summed E-state index contributed by atoms with van der Waals surface area (Å²) in [5.41, 5.74) is 0.511. The van der Waals surface area contributed by atoms with Crippen LogP contribution in [-0.2, 0) is 13.5 Å². The standard InChI is InChI=1S/C21H21ClN4O4/c1-25(18(13-7-8-13)14-5-3-4-6-15(14)22)21-24-17(19(28)20(29)26(21)2)16(27)9-12-10-23-30-11-12/h3-6,10-11,13,18,28H,7-9H2,1-2H3. The van der Waals surface area contributed by atoms with Crippen molar-refractivity contribution < 1.29 is 14.4 Å². The minimum absolute atomic E-state index is 0.0864. The molecular weight excluding hydrogens is 408 g/mol. The number of ketones is 1. The molecule has 1 aliphatic carbocycles. The lowest BCUT2D eigenvalue weighted by Gasteiger charge is -2.31. The molecule has 0 aliphatic heterocycles. The molecule has 1 N–H and O–H groups in total. The first kappa shape index (κ1) is 20.2. The van der Waals surface area contributed by atoms with Crippen molar-refractivity contribution in [2.45, 2.75) is 25.3 Å². The van der Waals surface area contributed by atoms with Crippen molar-refractivity contribution in [3.05, 3.63) is 68.9 Å². The van der Waals surface area contributed by atoms with Crippen molar-refractivity contribution in [3.63, 3.8) is 0 Å². The van der Waals surface area contributed by atoms with Crippen LogP contribution in [0.25, 0.3) is 0 Å². The van der Waals surface area contributed by atoms with Crippen molar-refractivity contribution in [1.29, 1.82) is 0 Å². The molecule has 2 heterocycles. The molecule has 0 saturated heterocycles. The van der Waals surface area contributed by atoms with Crippen molar-refractivity contribution in [2.75, 3.05) is 11.9 Å². The Kier molecular flexibility index (Phi) is 5.34. The summed E-state index contributed by atoms with van der Waals surface area (Å²) in [4.78, 5) is 31.7. The molecular formula is C21H21ClN4O4. The van der Waals surface area contributed by atoms with E-state index in [0.29, 0.717) is 16.5 Å². The van der Waals surface area contributed by atoms with Gasteiger partial charge in [0.25, 0.3) is 5.56 Å². The summed E-state index contributed by atoms with van der Waals surface area (Å²) >= 11 is 6.46. The summed E-state index contributed by atoms with van der Waals surface area (Å²) in [6.07, 6.45) is 4.72. The molecule has 2 aromatic heterocycles. The second-order valence-corrected chi connectivity index (χ2v) is 7.93. The lowest BCUT2D eigenvalue weighted by atomic mass is 10.0. The zero-order valence-electron chi connectivity index (χ0n) is 16.6. The molecule has 0 radical (unpaired) electrons. The van der Waals surface area contributed by atoms with Crippen molar-refractivity contribution >= 4 is 23.3 Å². The molecule has 30 heavy (non-hydrogen) atoms. The molecule has 156 valence electrons. The maximum atomic E-state index is 12.7. The average molecular weight is 429 g/mol. The average Bonchev–Trinajstić information content (AvgIpc) is 3.43. The molecule has 8 nitrogen and oxygen atoms in total. The van der Waals surface area contributed by atoms with Crippen molar-refractivity contribution in [3.8, 4) is 5.75 Å². The number of aromatic nitrogens is 3. The topological polar surface area (TPSA) is 101 Å². The fraction of sp³-hybridized carbons (Fsp3) is 0.333. The Morgan fingerprint density at radius 2 is 2.13 bits per heavy atom. The Bertz CT molecular complexity index is 1140. The molecule has 3 aromatic rings. The van der Waals surface area contributed by atoms with Crippen LogP contribution < -0.4 is 10.5 Å². The van der Waals surface area contributed by atoms with E-state index in [9.17, 15) is 14.7 Å². The highest BCUT2D eigenvalue weighted by Gasteiger charge is 2.38. The van der Waals surface area contributed by atoms with Crippen LogP contribution in [-0.4, -0.2) is 32.6 Å². The molecule has 1 aliphatic rings. The first-order valence-corrected chi connectivity index (χ1v) is 9.95. The Labute approximate surface area is 177 Å². The highest BCUT2D eigenvalue weighted by molar-refractivity contribution is 6.31. The number of aromatic hydroxyl groups is 1. The minimum Gasteiger partial charge on any atom is -0.501 e. The number of halogens is 1. The van der Waals surface area contributed by atoms with E-state index in [0.717, 1.165) is 18.4 Å². The smallest absolute Gasteiger partial charge is 0.297 e. The number of carbonyl (C=O) groups is 1. The molecule has 1 atom stereocenters. The van der Waals surface area contributed by atoms with Gasteiger partial charge < -0.3 is 14.5 Å². The van der Waals surface area contributed by atoms with Crippen LogP contribution in [0.2, 0.25) is 5.02 Å². The molecule has 0 amide bonds. The number of hydrogen-bond acceptors (Lipinski definition) is 7. The third-order valence-electron chi connectivity index (χ3n) is 5.38. The van der Waals surface area contributed by atoms with Crippen molar-refractivity contribution in [2.24, 2.45) is 13.0 Å². The largest absolute Gasteiger partial charge is 0.501 e. The SMILES string of the molecule is CN(c1nc(C(=O)Cc2cnoc2)c(O)c(=O)n1C)C(c1ccccc1Cl)C1CC1. The van der Waals surface area contributed by atoms with Crippen LogP contribution in [0.5, 0.6) is 5.75 Å². The first-order chi connectivity index (χ1) is 14.4. The predicted octanol–water partition coefficient (Wildman–Crippen LogP) is 3.14. The van der Waals surface area contributed by atoms with Gasteiger partial charge in [-0.2, -0.15) is 0 Å². The van der Waals surface area contributed by atoms with E-state index in [4.69, 9.17) is 16.1 Å². The van der Waals surface area contributed by atoms with Crippen LogP contribution in [0.1, 0.15) is 40.5 Å². The third kappa shape index (κ3) is 3.70. The Morgan fingerprint density at radius 3 is 2.77 bits per heavy atom. The van der Waals surface area contributed by atoms with Gasteiger partial charge in [0.2, 0.25) is 11.7 Å². The summed E-state index contributed by atoms with van der Waals surface area (Å²) in [7, 11) is 3.34. The molecule has 0 bridgehead atoms. The van der Waals surface area contributed by atoms with Gasteiger partial charge in [-0.3, -0.25) is 14.2 Å². The van der Waals surface area contributed by atoms with Crippen molar-refractivity contribution in [1.82, 2.24) is 14.7 Å².